The van der Waals surface area contributed by atoms with E-state index in [-0.39, 0.29) is 18.5 Å². The van der Waals surface area contributed by atoms with Crippen LogP contribution < -0.4 is 5.32 Å². The van der Waals surface area contributed by atoms with Crippen molar-refractivity contribution in [1.82, 2.24) is 5.32 Å². The van der Waals surface area contributed by atoms with E-state index in [0.29, 0.717) is 25.9 Å². The number of carbonyl (C=O) groups excluding carboxylic acids is 2. The molecule has 0 rings (SSSR count). The Bertz CT molecular complexity index is 962. The smallest absolute Gasteiger partial charge is 0.305 e. The minimum absolute atomic E-state index is 0.0506. The maximum absolute atomic E-state index is 12.4. The molecule has 0 fully saturated rings. The number of hydrogen-bond donors (Lipinski definition) is 3. The van der Waals surface area contributed by atoms with Crippen LogP contribution in [-0.4, -0.2) is 47.4 Å². The number of unbranched alkanes of at least 4 members (excludes halogenated alkanes) is 30. The molecule has 0 bridgehead atoms. The Hall–Kier alpha value is -1.92. The number of hydrogen-bond acceptors (Lipinski definition) is 5. The predicted octanol–water partition coefficient (Wildman–Crippen LogP) is 15.3. The van der Waals surface area contributed by atoms with Crippen molar-refractivity contribution >= 4 is 11.9 Å². The van der Waals surface area contributed by atoms with Crippen molar-refractivity contribution in [3.05, 3.63) is 36.5 Å². The average Bonchev–Trinajstić information content (AvgIpc) is 3.24. The van der Waals surface area contributed by atoms with Crippen molar-refractivity contribution in [2.75, 3.05) is 13.2 Å². The van der Waals surface area contributed by atoms with Gasteiger partial charge in [-0.25, -0.2) is 0 Å². The minimum atomic E-state index is -0.687. The molecule has 0 saturated heterocycles. The molecule has 2 atom stereocenters. The summed E-state index contributed by atoms with van der Waals surface area (Å²) in [6.45, 7) is 4.83. The second kappa shape index (κ2) is 48.7. The lowest BCUT2D eigenvalue weighted by molar-refractivity contribution is -0.143. The third-order valence-corrected chi connectivity index (χ3v) is 11.7. The first kappa shape index (κ1) is 57.1. The minimum Gasteiger partial charge on any atom is -0.466 e. The van der Waals surface area contributed by atoms with Crippen LogP contribution in [0.2, 0.25) is 0 Å². The Morgan fingerprint density at radius 2 is 0.847 bits per heavy atom. The molecular formula is C53H99NO5. The highest BCUT2D eigenvalue weighted by Crippen LogP contribution is 2.16. The molecular weight excluding hydrogens is 731 g/mol. The molecule has 0 aliphatic rings. The molecule has 0 aliphatic heterocycles. The van der Waals surface area contributed by atoms with Gasteiger partial charge in [0.1, 0.15) is 0 Å². The van der Waals surface area contributed by atoms with Gasteiger partial charge in [0, 0.05) is 12.8 Å². The van der Waals surface area contributed by atoms with Gasteiger partial charge in [-0.05, 0) is 83.5 Å². The normalized spacial score (nSPS) is 12.9. The molecule has 1 amide bonds. The fourth-order valence-electron chi connectivity index (χ4n) is 7.66. The Kier molecular flexibility index (Phi) is 47.2. The lowest BCUT2D eigenvalue weighted by Crippen LogP contribution is -2.45. The van der Waals surface area contributed by atoms with Crippen molar-refractivity contribution in [2.24, 2.45) is 0 Å². The van der Waals surface area contributed by atoms with Crippen molar-refractivity contribution in [2.45, 2.75) is 276 Å². The second-order valence-corrected chi connectivity index (χ2v) is 17.5. The molecule has 0 heterocycles. The van der Waals surface area contributed by atoms with Gasteiger partial charge in [-0.3, -0.25) is 9.59 Å². The SMILES string of the molecule is CCCCC/C=C\C/C=C\CCCCCCCC(=O)OCCCC/C=C\CCCCCCC(=O)NC(CO)C(O)CCCCCCCCCCCCCCCCCCC. The van der Waals surface area contributed by atoms with Gasteiger partial charge in [0.05, 0.1) is 25.4 Å². The molecule has 0 radical (unpaired) electrons. The van der Waals surface area contributed by atoms with Crippen LogP contribution in [0, 0.1) is 0 Å². The highest BCUT2D eigenvalue weighted by Gasteiger charge is 2.20. The van der Waals surface area contributed by atoms with Gasteiger partial charge in [0.2, 0.25) is 5.91 Å². The Labute approximate surface area is 366 Å². The zero-order valence-corrected chi connectivity index (χ0v) is 39.2. The average molecular weight is 830 g/mol. The number of allylic oxidation sites excluding steroid dienone is 6. The van der Waals surface area contributed by atoms with Crippen molar-refractivity contribution in [3.8, 4) is 0 Å². The van der Waals surface area contributed by atoms with Crippen LogP contribution in [-0.2, 0) is 14.3 Å². The number of rotatable bonds is 47. The van der Waals surface area contributed by atoms with Gasteiger partial charge >= 0.3 is 5.97 Å². The van der Waals surface area contributed by atoms with Crippen LogP contribution in [0.4, 0.5) is 0 Å². The van der Waals surface area contributed by atoms with Crippen LogP contribution >= 0.6 is 0 Å². The Morgan fingerprint density at radius 1 is 0.475 bits per heavy atom. The van der Waals surface area contributed by atoms with Gasteiger partial charge in [0.25, 0.3) is 0 Å². The number of nitrogens with one attached hydrogen (secondary N) is 1. The van der Waals surface area contributed by atoms with E-state index in [1.165, 1.54) is 141 Å². The van der Waals surface area contributed by atoms with Crippen LogP contribution in [0.15, 0.2) is 36.5 Å². The summed E-state index contributed by atoms with van der Waals surface area (Å²) >= 11 is 0. The van der Waals surface area contributed by atoms with Crippen molar-refractivity contribution < 1.29 is 24.5 Å². The van der Waals surface area contributed by atoms with Crippen LogP contribution in [0.1, 0.15) is 264 Å². The number of ether oxygens (including phenoxy) is 1. The summed E-state index contributed by atoms with van der Waals surface area (Å²) in [5, 5.41) is 23.2. The first-order valence-electron chi connectivity index (χ1n) is 25.7. The zero-order chi connectivity index (χ0) is 43.0. The Balaban J connectivity index is 3.55. The fraction of sp³-hybridized carbons (Fsp3) is 0.849. The van der Waals surface area contributed by atoms with Gasteiger partial charge in [-0.2, -0.15) is 0 Å². The summed E-state index contributed by atoms with van der Waals surface area (Å²) in [4.78, 5) is 24.5. The topological polar surface area (TPSA) is 95.9 Å². The van der Waals surface area contributed by atoms with E-state index in [1.807, 2.05) is 0 Å². The molecule has 0 aromatic rings. The van der Waals surface area contributed by atoms with Gasteiger partial charge in [-0.1, -0.05) is 204 Å². The predicted molar refractivity (Wildman–Crippen MR) is 255 cm³/mol. The van der Waals surface area contributed by atoms with Crippen LogP contribution in [0.5, 0.6) is 0 Å². The van der Waals surface area contributed by atoms with E-state index in [1.54, 1.807) is 0 Å². The lowest BCUT2D eigenvalue weighted by atomic mass is 10.0. The van der Waals surface area contributed by atoms with Crippen LogP contribution in [0.3, 0.4) is 0 Å². The van der Waals surface area contributed by atoms with E-state index >= 15 is 0 Å². The van der Waals surface area contributed by atoms with Gasteiger partial charge < -0.3 is 20.3 Å². The first-order valence-corrected chi connectivity index (χ1v) is 25.7. The van der Waals surface area contributed by atoms with Gasteiger partial charge in [0.15, 0.2) is 0 Å². The fourth-order valence-corrected chi connectivity index (χ4v) is 7.66. The third-order valence-electron chi connectivity index (χ3n) is 11.7. The molecule has 3 N–H and O–H groups in total. The van der Waals surface area contributed by atoms with Crippen molar-refractivity contribution in [1.29, 1.82) is 0 Å². The van der Waals surface area contributed by atoms with E-state index in [2.05, 4.69) is 55.6 Å². The summed E-state index contributed by atoms with van der Waals surface area (Å²) < 4.78 is 5.42. The number of aliphatic hydroxyl groups is 2. The molecule has 0 spiro atoms. The van der Waals surface area contributed by atoms with Crippen molar-refractivity contribution in [3.63, 3.8) is 0 Å². The largest absolute Gasteiger partial charge is 0.466 e. The summed E-state index contributed by atoms with van der Waals surface area (Å²) in [6.07, 6.45) is 58.3. The molecule has 6 nitrogen and oxygen atoms in total. The Morgan fingerprint density at radius 3 is 1.34 bits per heavy atom. The monoisotopic (exact) mass is 830 g/mol. The molecule has 2 unspecified atom stereocenters. The lowest BCUT2D eigenvalue weighted by Gasteiger charge is -2.22. The molecule has 6 heteroatoms. The molecule has 0 saturated carbocycles. The number of aliphatic hydroxyl groups excluding tert-OH is 2. The number of amides is 1. The van der Waals surface area contributed by atoms with E-state index < -0.39 is 12.1 Å². The maximum atomic E-state index is 12.4. The van der Waals surface area contributed by atoms with E-state index in [9.17, 15) is 19.8 Å². The van der Waals surface area contributed by atoms with Crippen LogP contribution in [0.25, 0.3) is 0 Å². The quantitative estimate of drug-likeness (QED) is 0.0323. The standard InChI is InChI=1S/C53H99NO5/c1-3-5-7-9-11-13-15-17-19-20-22-23-25-29-33-37-41-45-51(56)50(49-55)54-52(57)46-42-38-34-30-27-28-32-36-40-44-48-59-53(58)47-43-39-35-31-26-24-21-18-16-14-12-10-8-6-4-2/h12,14,18,21,28,32,50-51,55-56H,3-11,13,15-17,19-20,22-27,29-31,33-49H2,1-2H3,(H,54,57)/b14-12-,21-18-,32-28-. The third kappa shape index (κ3) is 45.4. The van der Waals surface area contributed by atoms with E-state index in [4.69, 9.17) is 4.74 Å². The summed E-state index contributed by atoms with van der Waals surface area (Å²) in [5.41, 5.74) is 0. The molecule has 0 aliphatic carbocycles. The highest BCUT2D eigenvalue weighted by molar-refractivity contribution is 5.76. The molecule has 0 aromatic heterocycles. The summed E-state index contributed by atoms with van der Waals surface area (Å²) in [6, 6.07) is -0.568. The maximum Gasteiger partial charge on any atom is 0.305 e. The summed E-state index contributed by atoms with van der Waals surface area (Å²) in [7, 11) is 0. The number of esters is 1. The zero-order valence-electron chi connectivity index (χ0n) is 39.2. The first-order chi connectivity index (χ1) is 29.0. The summed E-state index contributed by atoms with van der Waals surface area (Å²) in [5.74, 6) is -0.122. The molecule has 346 valence electrons. The second-order valence-electron chi connectivity index (χ2n) is 17.5. The highest BCUT2D eigenvalue weighted by atomic mass is 16.5. The molecule has 59 heavy (non-hydrogen) atoms. The van der Waals surface area contributed by atoms with E-state index in [0.717, 1.165) is 89.9 Å². The van der Waals surface area contributed by atoms with Gasteiger partial charge in [-0.15, -0.1) is 0 Å². The molecule has 0 aromatic carbocycles. The number of carbonyl (C=O) groups is 2.